The van der Waals surface area contributed by atoms with Crippen molar-refractivity contribution in [1.82, 2.24) is 0 Å². The van der Waals surface area contributed by atoms with E-state index in [0.717, 1.165) is 50.6 Å². The van der Waals surface area contributed by atoms with E-state index in [1.165, 1.54) is 36.8 Å². The van der Waals surface area contributed by atoms with Gasteiger partial charge in [0.25, 0.3) is 0 Å². The number of aromatic hydroxyl groups is 1. The Hall–Kier alpha value is -2.36. The first-order valence-corrected chi connectivity index (χ1v) is 12.0. The monoisotopic (exact) mass is 421 g/mol. The predicted octanol–water partition coefficient (Wildman–Crippen LogP) is 5.83. The van der Waals surface area contributed by atoms with Crippen LogP contribution >= 0.6 is 0 Å². The summed E-state index contributed by atoms with van der Waals surface area (Å²) in [6, 6.07) is 11.6. The Kier molecular flexibility index (Phi) is 5.73. The number of aldehydes is 1. The number of carbonyl (C=O) groups is 1. The number of benzene rings is 2. The van der Waals surface area contributed by atoms with E-state index in [-0.39, 0.29) is 17.7 Å². The molecule has 1 saturated carbocycles. The molecular weight excluding hydrogens is 389 g/mol. The molecule has 164 valence electrons. The molecule has 31 heavy (non-hydrogen) atoms. The van der Waals surface area contributed by atoms with E-state index in [1.54, 1.807) is 12.1 Å². The van der Waals surface area contributed by atoms with Crippen molar-refractivity contribution in [1.29, 1.82) is 0 Å². The number of aryl methyl sites for hydroxylation is 1. The van der Waals surface area contributed by atoms with Crippen LogP contribution in [-0.4, -0.2) is 24.5 Å². The van der Waals surface area contributed by atoms with Crippen LogP contribution in [0.25, 0.3) is 0 Å². The minimum absolute atomic E-state index is 0.112. The van der Waals surface area contributed by atoms with E-state index in [0.29, 0.717) is 23.3 Å². The summed E-state index contributed by atoms with van der Waals surface area (Å²) in [5, 5.41) is 10.00. The molecular formula is C27H32FNO2. The highest BCUT2D eigenvalue weighted by atomic mass is 19.1. The lowest BCUT2D eigenvalue weighted by Gasteiger charge is -2.38. The molecule has 0 amide bonds. The van der Waals surface area contributed by atoms with Crippen molar-refractivity contribution in [2.24, 2.45) is 17.8 Å². The molecule has 1 N–H and O–H groups in total. The normalized spacial score (nSPS) is 24.9. The molecule has 2 aliphatic carbocycles. The van der Waals surface area contributed by atoms with Gasteiger partial charge < -0.3 is 14.8 Å². The van der Waals surface area contributed by atoms with Crippen molar-refractivity contribution < 1.29 is 14.3 Å². The zero-order valence-electron chi connectivity index (χ0n) is 18.1. The van der Waals surface area contributed by atoms with Gasteiger partial charge in [0, 0.05) is 24.9 Å². The number of hydrogen-bond donors (Lipinski definition) is 1. The molecule has 2 aromatic carbocycles. The maximum Gasteiger partial charge on any atom is 0.146 e. The number of halogens is 1. The van der Waals surface area contributed by atoms with Gasteiger partial charge in [-0.05, 0) is 78.5 Å². The second-order valence-electron chi connectivity index (χ2n) is 9.78. The number of anilines is 1. The van der Waals surface area contributed by atoms with Gasteiger partial charge in [-0.2, -0.15) is 0 Å². The Morgan fingerprint density at radius 3 is 2.45 bits per heavy atom. The molecule has 3 nitrogen and oxygen atoms in total. The summed E-state index contributed by atoms with van der Waals surface area (Å²) in [4.78, 5) is 13.1. The summed E-state index contributed by atoms with van der Waals surface area (Å²) in [5.41, 5.74) is 4.19. The summed E-state index contributed by atoms with van der Waals surface area (Å²) in [7, 11) is 0. The van der Waals surface area contributed by atoms with Gasteiger partial charge in [0.05, 0.1) is 5.69 Å². The molecule has 0 bridgehead atoms. The van der Waals surface area contributed by atoms with Crippen LogP contribution < -0.4 is 4.90 Å². The third-order valence-corrected chi connectivity index (χ3v) is 8.05. The first-order chi connectivity index (χ1) is 15.1. The zero-order valence-corrected chi connectivity index (χ0v) is 18.1. The van der Waals surface area contributed by atoms with Crippen molar-refractivity contribution in [3.8, 4) is 5.75 Å². The fourth-order valence-electron chi connectivity index (χ4n) is 6.40. The standard InChI is InChI=1S/C27H32FNO2/c28-25-16-21(6-10-26(25)29-13-11-18(17-30)12-14-29)27-23(19-3-1-2-4-19)8-5-20-15-22(31)7-9-24(20)27/h6-7,9-10,15-19,23,27,31H,1-5,8,11-14H2/t23-,27+/m1/s1. The maximum absolute atomic E-state index is 15.4. The molecule has 0 unspecified atom stereocenters. The van der Waals surface area contributed by atoms with E-state index in [1.807, 2.05) is 12.1 Å². The van der Waals surface area contributed by atoms with Crippen LogP contribution in [0.2, 0.25) is 0 Å². The Balaban J connectivity index is 1.47. The average molecular weight is 422 g/mol. The van der Waals surface area contributed by atoms with Crippen molar-refractivity contribution in [3.63, 3.8) is 0 Å². The number of nitrogens with zero attached hydrogens (tertiary/aromatic N) is 1. The molecule has 3 aliphatic rings. The van der Waals surface area contributed by atoms with Crippen molar-refractivity contribution >= 4 is 12.0 Å². The van der Waals surface area contributed by atoms with Gasteiger partial charge in [-0.15, -0.1) is 0 Å². The zero-order chi connectivity index (χ0) is 21.4. The Labute approximate surface area is 184 Å². The van der Waals surface area contributed by atoms with E-state index < -0.39 is 0 Å². The van der Waals surface area contributed by atoms with Gasteiger partial charge in [-0.25, -0.2) is 4.39 Å². The Morgan fingerprint density at radius 1 is 0.968 bits per heavy atom. The number of piperidine rings is 1. The molecule has 4 heteroatoms. The molecule has 1 aliphatic heterocycles. The highest BCUT2D eigenvalue weighted by Gasteiger charge is 2.37. The first-order valence-electron chi connectivity index (χ1n) is 12.0. The largest absolute Gasteiger partial charge is 0.508 e. The van der Waals surface area contributed by atoms with Crippen LogP contribution in [0, 0.1) is 23.6 Å². The maximum atomic E-state index is 15.4. The second-order valence-corrected chi connectivity index (χ2v) is 9.78. The Morgan fingerprint density at radius 2 is 1.74 bits per heavy atom. The van der Waals surface area contributed by atoms with Gasteiger partial charge in [-0.1, -0.05) is 37.8 Å². The lowest BCUT2D eigenvalue weighted by Crippen LogP contribution is -2.34. The van der Waals surface area contributed by atoms with Crippen molar-refractivity contribution in [2.45, 2.75) is 57.3 Å². The second kappa shape index (κ2) is 8.64. The van der Waals surface area contributed by atoms with Gasteiger partial charge in [0.2, 0.25) is 0 Å². The highest BCUT2D eigenvalue weighted by molar-refractivity contribution is 5.56. The lowest BCUT2D eigenvalue weighted by molar-refractivity contribution is -0.111. The van der Waals surface area contributed by atoms with Crippen LogP contribution in [0.4, 0.5) is 10.1 Å². The Bertz CT molecular complexity index is 944. The van der Waals surface area contributed by atoms with E-state index in [2.05, 4.69) is 17.0 Å². The average Bonchev–Trinajstić information content (AvgIpc) is 3.33. The number of hydrogen-bond acceptors (Lipinski definition) is 3. The van der Waals surface area contributed by atoms with Gasteiger partial charge in [0.1, 0.15) is 17.9 Å². The number of phenolic OH excluding ortho intramolecular Hbond substituents is 1. The highest BCUT2D eigenvalue weighted by Crippen LogP contribution is 2.49. The quantitative estimate of drug-likeness (QED) is 0.631. The van der Waals surface area contributed by atoms with E-state index >= 15 is 4.39 Å². The van der Waals surface area contributed by atoms with Gasteiger partial charge in [-0.3, -0.25) is 0 Å². The van der Waals surface area contributed by atoms with Crippen molar-refractivity contribution in [3.05, 3.63) is 58.9 Å². The minimum atomic E-state index is -0.155. The molecule has 1 saturated heterocycles. The van der Waals surface area contributed by atoms with Gasteiger partial charge >= 0.3 is 0 Å². The molecule has 5 rings (SSSR count). The van der Waals surface area contributed by atoms with Crippen molar-refractivity contribution in [2.75, 3.05) is 18.0 Å². The summed E-state index contributed by atoms with van der Waals surface area (Å²) in [5.74, 6) is 1.71. The number of phenols is 1. The van der Waals surface area contributed by atoms with Gasteiger partial charge in [0.15, 0.2) is 0 Å². The van der Waals surface area contributed by atoms with Crippen LogP contribution in [-0.2, 0) is 11.2 Å². The summed E-state index contributed by atoms with van der Waals surface area (Å²) in [6.45, 7) is 1.46. The van der Waals surface area contributed by atoms with E-state index in [4.69, 9.17) is 0 Å². The molecule has 0 radical (unpaired) electrons. The van der Waals surface area contributed by atoms with Crippen LogP contribution in [0.3, 0.4) is 0 Å². The van der Waals surface area contributed by atoms with Crippen LogP contribution in [0.5, 0.6) is 5.75 Å². The smallest absolute Gasteiger partial charge is 0.146 e. The molecule has 2 fully saturated rings. The molecule has 0 aromatic heterocycles. The SMILES string of the molecule is O=CC1CCN(c2ccc([C@@H]3c4ccc(O)cc4CC[C@@H]3C3CCCC3)cc2F)CC1. The minimum Gasteiger partial charge on any atom is -0.508 e. The van der Waals surface area contributed by atoms with Crippen LogP contribution in [0.15, 0.2) is 36.4 Å². The molecule has 2 atom stereocenters. The van der Waals surface area contributed by atoms with Crippen LogP contribution in [0.1, 0.15) is 67.6 Å². The topological polar surface area (TPSA) is 40.5 Å². The summed E-state index contributed by atoms with van der Waals surface area (Å²) >= 11 is 0. The number of fused-ring (bicyclic) bond motifs is 1. The summed E-state index contributed by atoms with van der Waals surface area (Å²) in [6.07, 6.45) is 9.91. The first kappa shape index (κ1) is 20.5. The molecule has 0 spiro atoms. The molecule has 2 aromatic rings. The third kappa shape index (κ3) is 3.97. The molecule has 1 heterocycles. The number of rotatable bonds is 4. The predicted molar refractivity (Wildman–Crippen MR) is 121 cm³/mol. The lowest BCUT2D eigenvalue weighted by atomic mass is 9.66. The fourth-order valence-corrected chi connectivity index (χ4v) is 6.40. The fraction of sp³-hybridized carbons (Fsp3) is 0.519. The third-order valence-electron chi connectivity index (χ3n) is 8.05. The summed E-state index contributed by atoms with van der Waals surface area (Å²) < 4.78 is 15.4. The van der Waals surface area contributed by atoms with E-state index in [9.17, 15) is 9.90 Å². The number of carbonyl (C=O) groups excluding carboxylic acids is 1.